The summed E-state index contributed by atoms with van der Waals surface area (Å²) >= 11 is 2.99. The SMILES string of the molecule is CC(=O)c1cc(Br)cc(OC(F)(F)F)c1. The Labute approximate surface area is 92.2 Å². The van der Waals surface area contributed by atoms with Crippen molar-refractivity contribution in [2.75, 3.05) is 0 Å². The van der Waals surface area contributed by atoms with Gasteiger partial charge in [-0.1, -0.05) is 15.9 Å². The summed E-state index contributed by atoms with van der Waals surface area (Å²) in [6, 6.07) is 3.60. The first-order chi connectivity index (χ1) is 6.78. The van der Waals surface area contributed by atoms with Crippen LogP contribution in [0.3, 0.4) is 0 Å². The summed E-state index contributed by atoms with van der Waals surface area (Å²) < 4.78 is 39.7. The minimum atomic E-state index is -4.76. The average molecular weight is 283 g/mol. The molecule has 0 aliphatic heterocycles. The van der Waals surface area contributed by atoms with Crippen LogP contribution in [0.1, 0.15) is 17.3 Å². The highest BCUT2D eigenvalue weighted by Crippen LogP contribution is 2.27. The van der Waals surface area contributed by atoms with Gasteiger partial charge in [0.25, 0.3) is 0 Å². The average Bonchev–Trinajstić information content (AvgIpc) is 1.99. The van der Waals surface area contributed by atoms with E-state index in [2.05, 4.69) is 20.7 Å². The van der Waals surface area contributed by atoms with E-state index >= 15 is 0 Å². The number of carbonyl (C=O) groups is 1. The molecule has 0 saturated heterocycles. The lowest BCUT2D eigenvalue weighted by molar-refractivity contribution is -0.274. The first-order valence-electron chi connectivity index (χ1n) is 3.85. The smallest absolute Gasteiger partial charge is 0.406 e. The highest BCUT2D eigenvalue weighted by atomic mass is 79.9. The molecule has 0 aliphatic rings. The third kappa shape index (κ3) is 3.91. The fraction of sp³-hybridized carbons (Fsp3) is 0.222. The number of halogens is 4. The maximum Gasteiger partial charge on any atom is 0.573 e. The van der Waals surface area contributed by atoms with E-state index in [4.69, 9.17) is 0 Å². The number of Topliss-reactive ketones (excluding diaryl/α,β-unsaturated/α-hetero) is 1. The molecule has 6 heteroatoms. The number of benzene rings is 1. The summed E-state index contributed by atoms with van der Waals surface area (Å²) in [7, 11) is 0. The van der Waals surface area contributed by atoms with Crippen LogP contribution in [0.2, 0.25) is 0 Å². The van der Waals surface area contributed by atoms with Gasteiger partial charge in [-0.15, -0.1) is 13.2 Å². The molecular formula is C9H6BrF3O2. The zero-order valence-corrected chi connectivity index (χ0v) is 9.15. The summed E-state index contributed by atoms with van der Waals surface area (Å²) in [6.07, 6.45) is -4.76. The molecular weight excluding hydrogens is 277 g/mol. The maximum absolute atomic E-state index is 11.9. The Bertz CT molecular complexity index is 387. The predicted molar refractivity (Wildman–Crippen MR) is 50.8 cm³/mol. The molecule has 0 saturated carbocycles. The fourth-order valence-corrected chi connectivity index (χ4v) is 1.43. The van der Waals surface area contributed by atoms with Crippen LogP contribution >= 0.6 is 15.9 Å². The van der Waals surface area contributed by atoms with Gasteiger partial charge in [-0.25, -0.2) is 0 Å². The van der Waals surface area contributed by atoms with Crippen LogP contribution in [0.5, 0.6) is 5.75 Å². The minimum Gasteiger partial charge on any atom is -0.406 e. The van der Waals surface area contributed by atoms with E-state index in [0.29, 0.717) is 4.47 Å². The Balaban J connectivity index is 3.04. The van der Waals surface area contributed by atoms with Gasteiger partial charge in [0.05, 0.1) is 0 Å². The van der Waals surface area contributed by atoms with Crippen molar-refractivity contribution < 1.29 is 22.7 Å². The molecule has 0 heterocycles. The maximum atomic E-state index is 11.9. The van der Waals surface area contributed by atoms with E-state index < -0.39 is 12.1 Å². The first-order valence-corrected chi connectivity index (χ1v) is 4.64. The Hall–Kier alpha value is -1.04. The molecule has 82 valence electrons. The lowest BCUT2D eigenvalue weighted by atomic mass is 10.1. The van der Waals surface area contributed by atoms with Crippen molar-refractivity contribution >= 4 is 21.7 Å². The lowest BCUT2D eigenvalue weighted by Gasteiger charge is -2.09. The summed E-state index contributed by atoms with van der Waals surface area (Å²) in [4.78, 5) is 11.0. The zero-order valence-electron chi connectivity index (χ0n) is 7.56. The summed E-state index contributed by atoms with van der Waals surface area (Å²) in [5, 5.41) is 0. The standard InChI is InChI=1S/C9H6BrF3O2/c1-5(14)6-2-7(10)4-8(3-6)15-9(11,12)13/h2-4H,1H3. The molecule has 0 aliphatic carbocycles. The third-order valence-corrected chi connectivity index (χ3v) is 1.97. The molecule has 0 unspecified atom stereocenters. The van der Waals surface area contributed by atoms with Crippen LogP contribution in [0.4, 0.5) is 13.2 Å². The quantitative estimate of drug-likeness (QED) is 0.776. The molecule has 15 heavy (non-hydrogen) atoms. The zero-order chi connectivity index (χ0) is 11.6. The van der Waals surface area contributed by atoms with Crippen molar-refractivity contribution in [1.29, 1.82) is 0 Å². The van der Waals surface area contributed by atoms with E-state index in [1.165, 1.54) is 13.0 Å². The summed E-state index contributed by atoms with van der Waals surface area (Å²) in [5.41, 5.74) is 0.156. The van der Waals surface area contributed by atoms with Gasteiger partial charge >= 0.3 is 6.36 Å². The summed E-state index contributed by atoms with van der Waals surface area (Å²) in [5.74, 6) is -0.745. The van der Waals surface area contributed by atoms with Crippen molar-refractivity contribution in [1.82, 2.24) is 0 Å². The van der Waals surface area contributed by atoms with Crippen LogP contribution in [0, 0.1) is 0 Å². The molecule has 1 aromatic rings. The number of rotatable bonds is 2. The van der Waals surface area contributed by atoms with Gasteiger partial charge in [0.15, 0.2) is 5.78 Å². The van der Waals surface area contributed by atoms with Crippen LogP contribution in [0.15, 0.2) is 22.7 Å². The Morgan fingerprint density at radius 3 is 2.40 bits per heavy atom. The van der Waals surface area contributed by atoms with Gasteiger partial charge in [0.1, 0.15) is 5.75 Å². The number of hydrogen-bond donors (Lipinski definition) is 0. The second-order valence-electron chi connectivity index (χ2n) is 2.78. The predicted octanol–water partition coefficient (Wildman–Crippen LogP) is 3.55. The van der Waals surface area contributed by atoms with Gasteiger partial charge in [-0.2, -0.15) is 0 Å². The summed E-state index contributed by atoms with van der Waals surface area (Å²) in [6.45, 7) is 1.26. The van der Waals surface area contributed by atoms with Crippen molar-refractivity contribution in [3.8, 4) is 5.75 Å². The van der Waals surface area contributed by atoms with Crippen molar-refractivity contribution in [3.05, 3.63) is 28.2 Å². The largest absolute Gasteiger partial charge is 0.573 e. The molecule has 0 atom stereocenters. The van der Waals surface area contributed by atoms with Gasteiger partial charge in [-0.05, 0) is 25.1 Å². The molecule has 1 rings (SSSR count). The molecule has 1 aromatic carbocycles. The molecule has 0 N–H and O–H groups in total. The van der Waals surface area contributed by atoms with Gasteiger partial charge in [0, 0.05) is 10.0 Å². The molecule has 2 nitrogen and oxygen atoms in total. The number of hydrogen-bond acceptors (Lipinski definition) is 2. The van der Waals surface area contributed by atoms with E-state index in [1.807, 2.05) is 0 Å². The van der Waals surface area contributed by atoms with E-state index in [-0.39, 0.29) is 11.3 Å². The molecule has 0 amide bonds. The van der Waals surface area contributed by atoms with Gasteiger partial charge in [0.2, 0.25) is 0 Å². The number of ether oxygens (including phenoxy) is 1. The van der Waals surface area contributed by atoms with Crippen molar-refractivity contribution in [2.45, 2.75) is 13.3 Å². The van der Waals surface area contributed by atoms with Crippen molar-refractivity contribution in [2.24, 2.45) is 0 Å². The minimum absolute atomic E-state index is 0.156. The Morgan fingerprint density at radius 1 is 1.33 bits per heavy atom. The van der Waals surface area contributed by atoms with E-state index in [0.717, 1.165) is 12.1 Å². The normalized spacial score (nSPS) is 11.3. The highest BCUT2D eigenvalue weighted by Gasteiger charge is 2.31. The molecule has 0 bridgehead atoms. The van der Waals surface area contributed by atoms with Gasteiger partial charge in [-0.3, -0.25) is 4.79 Å². The second-order valence-corrected chi connectivity index (χ2v) is 3.70. The molecule has 0 spiro atoms. The lowest BCUT2D eigenvalue weighted by Crippen LogP contribution is -2.17. The van der Waals surface area contributed by atoms with E-state index in [9.17, 15) is 18.0 Å². The highest BCUT2D eigenvalue weighted by molar-refractivity contribution is 9.10. The van der Waals surface area contributed by atoms with Crippen LogP contribution in [0.25, 0.3) is 0 Å². The first kappa shape index (κ1) is 12.0. The number of ketones is 1. The van der Waals surface area contributed by atoms with Gasteiger partial charge < -0.3 is 4.74 Å². The van der Waals surface area contributed by atoms with Crippen LogP contribution < -0.4 is 4.74 Å². The monoisotopic (exact) mass is 282 g/mol. The molecule has 0 fully saturated rings. The fourth-order valence-electron chi connectivity index (χ4n) is 0.959. The second kappa shape index (κ2) is 4.22. The Kier molecular flexibility index (Phi) is 3.38. The number of alkyl halides is 3. The van der Waals surface area contributed by atoms with E-state index in [1.54, 1.807) is 0 Å². The van der Waals surface area contributed by atoms with Crippen LogP contribution in [-0.4, -0.2) is 12.1 Å². The van der Waals surface area contributed by atoms with Crippen molar-refractivity contribution in [3.63, 3.8) is 0 Å². The molecule has 0 radical (unpaired) electrons. The molecule has 0 aromatic heterocycles. The van der Waals surface area contributed by atoms with Crippen LogP contribution in [-0.2, 0) is 0 Å². The third-order valence-electron chi connectivity index (χ3n) is 1.51. The topological polar surface area (TPSA) is 26.3 Å². The Morgan fingerprint density at radius 2 is 1.93 bits per heavy atom. The number of carbonyl (C=O) groups excluding carboxylic acids is 1.